The van der Waals surface area contributed by atoms with Gasteiger partial charge in [0.05, 0.1) is 12.1 Å². The summed E-state index contributed by atoms with van der Waals surface area (Å²) in [6.45, 7) is 1.90. The molecule has 0 spiro atoms. The lowest BCUT2D eigenvalue weighted by atomic mass is 10.1. The first-order valence-corrected chi connectivity index (χ1v) is 10.1. The van der Waals surface area contributed by atoms with E-state index in [1.165, 1.54) is 6.92 Å². The lowest BCUT2D eigenvalue weighted by Crippen LogP contribution is -2.60. The minimum atomic E-state index is -1.52. The van der Waals surface area contributed by atoms with Crippen molar-refractivity contribution in [3.8, 4) is 0 Å². The fraction of sp³-hybridized carbons (Fsp3) is 0.706. The molecule has 0 aliphatic carbocycles. The highest BCUT2D eigenvalue weighted by Gasteiger charge is 2.33. The van der Waals surface area contributed by atoms with Crippen LogP contribution in [0.5, 0.6) is 0 Å². The van der Waals surface area contributed by atoms with Gasteiger partial charge in [0.2, 0.25) is 17.7 Å². The van der Waals surface area contributed by atoms with Crippen molar-refractivity contribution in [2.45, 2.75) is 62.9 Å². The van der Waals surface area contributed by atoms with E-state index in [2.05, 4.69) is 33.9 Å². The molecule has 0 aromatic carbocycles. The monoisotopic (exact) mass is 448 g/mol. The molecule has 1 heterocycles. The number of aliphatic hydroxyl groups excluding tert-OH is 1. The number of carboxylic acids is 2. The van der Waals surface area contributed by atoms with Crippen LogP contribution >= 0.6 is 12.6 Å². The number of carboxylic acid groups (broad SMARTS) is 2. The molecule has 1 fully saturated rings. The number of nitrogens with one attached hydrogen (secondary N) is 4. The second-order valence-corrected chi connectivity index (χ2v) is 7.32. The van der Waals surface area contributed by atoms with Gasteiger partial charge in [-0.05, 0) is 32.7 Å². The number of carbonyl (C=O) groups excluding carboxylic acids is 3. The molecule has 170 valence electrons. The summed E-state index contributed by atoms with van der Waals surface area (Å²) in [6, 6.07) is -4.55. The first-order valence-electron chi connectivity index (χ1n) is 9.44. The first kappa shape index (κ1) is 25.7. The van der Waals surface area contributed by atoms with Crippen LogP contribution < -0.4 is 21.3 Å². The third kappa shape index (κ3) is 8.16. The van der Waals surface area contributed by atoms with Crippen LogP contribution in [-0.2, 0) is 24.0 Å². The van der Waals surface area contributed by atoms with E-state index < -0.39 is 60.4 Å². The molecule has 0 bridgehead atoms. The molecule has 0 radical (unpaired) electrons. The molecule has 30 heavy (non-hydrogen) atoms. The number of amides is 3. The van der Waals surface area contributed by atoms with Gasteiger partial charge in [0, 0.05) is 12.2 Å². The van der Waals surface area contributed by atoms with Crippen LogP contribution in [0.2, 0.25) is 0 Å². The highest BCUT2D eigenvalue weighted by molar-refractivity contribution is 7.80. The van der Waals surface area contributed by atoms with E-state index in [0.29, 0.717) is 13.0 Å². The third-order valence-electron chi connectivity index (χ3n) is 4.52. The van der Waals surface area contributed by atoms with Gasteiger partial charge in [0.25, 0.3) is 0 Å². The Balaban J connectivity index is 2.75. The second-order valence-electron chi connectivity index (χ2n) is 6.95. The van der Waals surface area contributed by atoms with Crippen molar-refractivity contribution in [1.82, 2.24) is 21.3 Å². The zero-order valence-corrected chi connectivity index (χ0v) is 17.4. The number of carbonyl (C=O) groups is 5. The van der Waals surface area contributed by atoms with Gasteiger partial charge in [0.1, 0.15) is 18.1 Å². The van der Waals surface area contributed by atoms with Crippen LogP contribution in [0.1, 0.15) is 32.6 Å². The van der Waals surface area contributed by atoms with E-state index in [9.17, 15) is 29.1 Å². The van der Waals surface area contributed by atoms with Crippen molar-refractivity contribution in [3.63, 3.8) is 0 Å². The Morgan fingerprint density at radius 3 is 2.20 bits per heavy atom. The van der Waals surface area contributed by atoms with E-state index in [4.69, 9.17) is 10.2 Å². The van der Waals surface area contributed by atoms with Crippen LogP contribution in [0.4, 0.5) is 0 Å². The highest BCUT2D eigenvalue weighted by Crippen LogP contribution is 2.06. The molecular formula is C17H28N4O8S. The SMILES string of the molecule is CC(O)C(NC(=O)C(CS)NC(=O)C1CCCN1)C(=O)NC(CCC(=O)O)C(=O)O. The quantitative estimate of drug-likeness (QED) is 0.148. The second kappa shape index (κ2) is 12.3. The van der Waals surface area contributed by atoms with E-state index in [1.807, 2.05) is 0 Å². The summed E-state index contributed by atoms with van der Waals surface area (Å²) < 4.78 is 0. The Hall–Kier alpha value is -2.38. The van der Waals surface area contributed by atoms with Crippen molar-refractivity contribution in [2.75, 3.05) is 12.3 Å². The van der Waals surface area contributed by atoms with Gasteiger partial charge >= 0.3 is 11.9 Å². The highest BCUT2D eigenvalue weighted by atomic mass is 32.1. The van der Waals surface area contributed by atoms with Crippen molar-refractivity contribution in [3.05, 3.63) is 0 Å². The van der Waals surface area contributed by atoms with Gasteiger partial charge in [-0.15, -0.1) is 0 Å². The van der Waals surface area contributed by atoms with Crippen molar-refractivity contribution in [2.24, 2.45) is 0 Å². The van der Waals surface area contributed by atoms with Gasteiger partial charge in [-0.1, -0.05) is 0 Å². The Kier molecular flexibility index (Phi) is 10.6. The Bertz CT molecular complexity index is 654. The number of rotatable bonds is 12. The van der Waals surface area contributed by atoms with Crippen molar-refractivity contribution >= 4 is 42.3 Å². The minimum absolute atomic E-state index is 0.0746. The first-order chi connectivity index (χ1) is 14.1. The van der Waals surface area contributed by atoms with Crippen LogP contribution in [0.15, 0.2) is 0 Å². The van der Waals surface area contributed by atoms with Gasteiger partial charge in [-0.2, -0.15) is 12.6 Å². The van der Waals surface area contributed by atoms with Crippen LogP contribution in [-0.4, -0.2) is 87.5 Å². The summed E-state index contributed by atoms with van der Waals surface area (Å²) >= 11 is 4.04. The van der Waals surface area contributed by atoms with Gasteiger partial charge < -0.3 is 36.6 Å². The lowest BCUT2D eigenvalue weighted by molar-refractivity contribution is -0.144. The summed E-state index contributed by atoms with van der Waals surface area (Å²) in [4.78, 5) is 59.0. The zero-order chi connectivity index (χ0) is 22.8. The molecule has 1 rings (SSSR count). The summed E-state index contributed by atoms with van der Waals surface area (Å²) in [7, 11) is 0. The molecule has 3 amide bonds. The molecule has 1 saturated heterocycles. The van der Waals surface area contributed by atoms with E-state index in [-0.39, 0.29) is 18.1 Å². The molecule has 1 aliphatic rings. The van der Waals surface area contributed by atoms with Crippen molar-refractivity contribution < 1.29 is 39.3 Å². The summed E-state index contributed by atoms with van der Waals surface area (Å²) in [6.07, 6.45) is -0.812. The molecule has 5 atom stereocenters. The van der Waals surface area contributed by atoms with Crippen LogP contribution in [0.3, 0.4) is 0 Å². The largest absolute Gasteiger partial charge is 0.481 e. The van der Waals surface area contributed by atoms with Crippen molar-refractivity contribution in [1.29, 1.82) is 0 Å². The number of hydrogen-bond donors (Lipinski definition) is 8. The number of thiol groups is 1. The predicted octanol–water partition coefficient (Wildman–Crippen LogP) is -2.55. The van der Waals surface area contributed by atoms with E-state index in [1.54, 1.807) is 0 Å². The molecule has 0 aromatic heterocycles. The number of aliphatic carboxylic acids is 2. The smallest absolute Gasteiger partial charge is 0.326 e. The topological polar surface area (TPSA) is 194 Å². The summed E-state index contributed by atoms with van der Waals surface area (Å²) in [5.74, 6) is -4.94. The Morgan fingerprint density at radius 2 is 1.73 bits per heavy atom. The molecule has 7 N–H and O–H groups in total. The van der Waals surface area contributed by atoms with Gasteiger partial charge in [-0.25, -0.2) is 4.79 Å². The molecular weight excluding hydrogens is 420 g/mol. The Morgan fingerprint density at radius 1 is 1.07 bits per heavy atom. The van der Waals surface area contributed by atoms with Crippen LogP contribution in [0, 0.1) is 0 Å². The summed E-state index contributed by atoms with van der Waals surface area (Å²) in [5.41, 5.74) is 0. The van der Waals surface area contributed by atoms with Crippen LogP contribution in [0.25, 0.3) is 0 Å². The molecule has 0 saturated carbocycles. The van der Waals surface area contributed by atoms with Gasteiger partial charge in [0.15, 0.2) is 0 Å². The summed E-state index contributed by atoms with van der Waals surface area (Å²) in [5, 5.41) is 37.6. The van der Waals surface area contributed by atoms with Gasteiger partial charge in [-0.3, -0.25) is 19.2 Å². The minimum Gasteiger partial charge on any atom is -0.481 e. The number of hydrogen-bond acceptors (Lipinski definition) is 8. The fourth-order valence-electron chi connectivity index (χ4n) is 2.82. The predicted molar refractivity (Wildman–Crippen MR) is 107 cm³/mol. The zero-order valence-electron chi connectivity index (χ0n) is 16.5. The third-order valence-corrected chi connectivity index (χ3v) is 4.88. The maximum Gasteiger partial charge on any atom is 0.326 e. The fourth-order valence-corrected chi connectivity index (χ4v) is 3.08. The lowest BCUT2D eigenvalue weighted by Gasteiger charge is -2.26. The maximum absolute atomic E-state index is 12.5. The van der Waals surface area contributed by atoms with E-state index >= 15 is 0 Å². The normalized spacial score (nSPS) is 19.8. The average Bonchev–Trinajstić information content (AvgIpc) is 3.21. The number of aliphatic hydroxyl groups is 1. The Labute approximate surface area is 178 Å². The molecule has 0 aromatic rings. The average molecular weight is 448 g/mol. The van der Waals surface area contributed by atoms with E-state index in [0.717, 1.165) is 6.42 Å². The molecule has 5 unspecified atom stereocenters. The standard InChI is InChI=1S/C17H28N4O8S/c1-8(22)13(16(27)19-10(17(28)29)4-5-12(23)24)21-15(26)11(7-30)20-14(25)9-3-2-6-18-9/h8-11,13,18,22,30H,2-7H2,1H3,(H,19,27)(H,20,25)(H,21,26)(H,23,24)(H,28,29). The molecule has 13 heteroatoms. The molecule has 12 nitrogen and oxygen atoms in total. The molecule has 1 aliphatic heterocycles. The maximum atomic E-state index is 12.5.